The zero-order valence-electron chi connectivity index (χ0n) is 11.5. The summed E-state index contributed by atoms with van der Waals surface area (Å²) in [4.78, 5) is 0. The molecule has 2 rings (SSSR count). The quantitative estimate of drug-likeness (QED) is 0.874. The van der Waals surface area contributed by atoms with Gasteiger partial charge in [-0.3, -0.25) is 0 Å². The molecule has 2 atom stereocenters. The van der Waals surface area contributed by atoms with Crippen LogP contribution >= 0.6 is 0 Å². The van der Waals surface area contributed by atoms with Crippen molar-refractivity contribution >= 4 is 0 Å². The standard InChI is InChI=1S/C17H18N2O/c1-13(15-5-3-2-4-6-15)19-12-17(20)16-9-7-14(11-18)8-10-16/h2-10,13,17,19-20H,12H2,1H3/t13-,17?/m1/s1. The number of nitrogens with zero attached hydrogens (tertiary/aromatic N) is 1. The van der Waals surface area contributed by atoms with Crippen molar-refractivity contribution in [1.82, 2.24) is 5.32 Å². The van der Waals surface area contributed by atoms with Gasteiger partial charge in [-0.1, -0.05) is 42.5 Å². The van der Waals surface area contributed by atoms with Crippen molar-refractivity contribution in [3.8, 4) is 6.07 Å². The average molecular weight is 266 g/mol. The molecule has 0 spiro atoms. The van der Waals surface area contributed by atoms with E-state index in [4.69, 9.17) is 5.26 Å². The number of nitriles is 1. The topological polar surface area (TPSA) is 56.0 Å². The van der Waals surface area contributed by atoms with Gasteiger partial charge in [0.05, 0.1) is 17.7 Å². The van der Waals surface area contributed by atoms with Crippen LogP contribution in [-0.4, -0.2) is 11.7 Å². The number of rotatable bonds is 5. The average Bonchev–Trinajstić information content (AvgIpc) is 2.53. The molecule has 2 aromatic carbocycles. The van der Waals surface area contributed by atoms with E-state index < -0.39 is 6.10 Å². The van der Waals surface area contributed by atoms with Crippen molar-refractivity contribution in [2.75, 3.05) is 6.54 Å². The maximum Gasteiger partial charge on any atom is 0.0991 e. The van der Waals surface area contributed by atoms with Gasteiger partial charge in [0.1, 0.15) is 0 Å². The summed E-state index contributed by atoms with van der Waals surface area (Å²) in [5.74, 6) is 0. The lowest BCUT2D eigenvalue weighted by atomic mass is 10.1. The summed E-state index contributed by atoms with van der Waals surface area (Å²) in [6.07, 6.45) is -0.575. The third kappa shape index (κ3) is 3.67. The zero-order valence-corrected chi connectivity index (χ0v) is 11.5. The Morgan fingerprint density at radius 3 is 2.30 bits per heavy atom. The van der Waals surface area contributed by atoms with E-state index in [1.54, 1.807) is 24.3 Å². The van der Waals surface area contributed by atoms with Crippen LogP contribution in [0.15, 0.2) is 54.6 Å². The Labute approximate surface area is 119 Å². The van der Waals surface area contributed by atoms with E-state index in [-0.39, 0.29) is 6.04 Å². The fourth-order valence-corrected chi connectivity index (χ4v) is 2.05. The fourth-order valence-electron chi connectivity index (χ4n) is 2.05. The predicted molar refractivity (Wildman–Crippen MR) is 79.0 cm³/mol. The molecule has 3 heteroatoms. The van der Waals surface area contributed by atoms with Crippen LogP contribution in [0.3, 0.4) is 0 Å². The molecule has 102 valence electrons. The van der Waals surface area contributed by atoms with Gasteiger partial charge in [0.25, 0.3) is 0 Å². The smallest absolute Gasteiger partial charge is 0.0991 e. The van der Waals surface area contributed by atoms with Gasteiger partial charge in [0.15, 0.2) is 0 Å². The highest BCUT2D eigenvalue weighted by atomic mass is 16.3. The van der Waals surface area contributed by atoms with Gasteiger partial charge in [0, 0.05) is 12.6 Å². The maximum absolute atomic E-state index is 10.1. The molecule has 0 saturated carbocycles. The second-order valence-electron chi connectivity index (χ2n) is 4.79. The molecule has 3 nitrogen and oxygen atoms in total. The largest absolute Gasteiger partial charge is 0.387 e. The van der Waals surface area contributed by atoms with E-state index in [0.717, 1.165) is 5.56 Å². The molecule has 20 heavy (non-hydrogen) atoms. The molecule has 1 unspecified atom stereocenters. The van der Waals surface area contributed by atoms with Crippen molar-refractivity contribution in [1.29, 1.82) is 5.26 Å². The van der Waals surface area contributed by atoms with Crippen LogP contribution < -0.4 is 5.32 Å². The molecule has 0 fully saturated rings. The van der Waals surface area contributed by atoms with Gasteiger partial charge >= 0.3 is 0 Å². The lowest BCUT2D eigenvalue weighted by Crippen LogP contribution is -2.24. The second kappa shape index (κ2) is 6.85. The van der Waals surface area contributed by atoms with Gasteiger partial charge < -0.3 is 10.4 Å². The lowest BCUT2D eigenvalue weighted by Gasteiger charge is -2.17. The summed E-state index contributed by atoms with van der Waals surface area (Å²) >= 11 is 0. The van der Waals surface area contributed by atoms with E-state index in [1.807, 2.05) is 18.2 Å². The Kier molecular flexibility index (Phi) is 4.89. The van der Waals surface area contributed by atoms with Crippen LogP contribution in [0.1, 0.15) is 35.8 Å². The van der Waals surface area contributed by atoms with Gasteiger partial charge in [-0.2, -0.15) is 5.26 Å². The van der Waals surface area contributed by atoms with Crippen LogP contribution in [0.4, 0.5) is 0 Å². The fraction of sp³-hybridized carbons (Fsp3) is 0.235. The first-order valence-corrected chi connectivity index (χ1v) is 6.67. The predicted octanol–water partition coefficient (Wildman–Crippen LogP) is 2.94. The highest BCUT2D eigenvalue weighted by molar-refractivity contribution is 5.32. The lowest BCUT2D eigenvalue weighted by molar-refractivity contribution is 0.171. The minimum Gasteiger partial charge on any atom is -0.387 e. The molecule has 0 heterocycles. The zero-order chi connectivity index (χ0) is 14.4. The van der Waals surface area contributed by atoms with Gasteiger partial charge in [-0.05, 0) is 30.2 Å². The minimum atomic E-state index is -0.575. The molecule has 0 saturated heterocycles. The maximum atomic E-state index is 10.1. The molecular formula is C17H18N2O. The van der Waals surface area contributed by atoms with E-state index in [2.05, 4.69) is 30.4 Å². The SMILES string of the molecule is C[C@@H](NCC(O)c1ccc(C#N)cc1)c1ccccc1. The summed E-state index contributed by atoms with van der Waals surface area (Å²) in [5.41, 5.74) is 2.61. The van der Waals surface area contributed by atoms with Gasteiger partial charge in [0.2, 0.25) is 0 Å². The van der Waals surface area contributed by atoms with E-state index in [1.165, 1.54) is 5.56 Å². The Morgan fingerprint density at radius 2 is 1.70 bits per heavy atom. The molecular weight excluding hydrogens is 248 g/mol. The van der Waals surface area contributed by atoms with Crippen molar-refractivity contribution in [2.24, 2.45) is 0 Å². The van der Waals surface area contributed by atoms with Crippen molar-refractivity contribution in [3.05, 3.63) is 71.3 Å². The van der Waals surface area contributed by atoms with Crippen LogP contribution in [0.25, 0.3) is 0 Å². The van der Waals surface area contributed by atoms with Crippen LogP contribution in [0.2, 0.25) is 0 Å². The first-order chi connectivity index (χ1) is 9.70. The summed E-state index contributed by atoms with van der Waals surface area (Å²) < 4.78 is 0. The minimum absolute atomic E-state index is 0.184. The van der Waals surface area contributed by atoms with E-state index in [9.17, 15) is 5.11 Å². The van der Waals surface area contributed by atoms with E-state index >= 15 is 0 Å². The molecule has 0 bridgehead atoms. The number of hydrogen-bond donors (Lipinski definition) is 2. The molecule has 0 aliphatic rings. The summed E-state index contributed by atoms with van der Waals surface area (Å²) in [6, 6.07) is 19.4. The molecule has 2 N–H and O–H groups in total. The van der Waals surface area contributed by atoms with Crippen molar-refractivity contribution in [2.45, 2.75) is 19.1 Å². The second-order valence-corrected chi connectivity index (χ2v) is 4.79. The number of nitrogens with one attached hydrogen (secondary N) is 1. The van der Waals surface area contributed by atoms with E-state index in [0.29, 0.717) is 12.1 Å². The molecule has 0 amide bonds. The number of benzene rings is 2. The highest BCUT2D eigenvalue weighted by Gasteiger charge is 2.10. The first-order valence-electron chi connectivity index (χ1n) is 6.67. The highest BCUT2D eigenvalue weighted by Crippen LogP contribution is 2.16. The summed E-state index contributed by atoms with van der Waals surface area (Å²) in [5, 5.41) is 22.2. The summed E-state index contributed by atoms with van der Waals surface area (Å²) in [7, 11) is 0. The van der Waals surface area contributed by atoms with Crippen LogP contribution in [-0.2, 0) is 0 Å². The molecule has 0 aliphatic heterocycles. The Balaban J connectivity index is 1.91. The monoisotopic (exact) mass is 266 g/mol. The Hall–Kier alpha value is -2.15. The van der Waals surface area contributed by atoms with Crippen molar-refractivity contribution in [3.63, 3.8) is 0 Å². The van der Waals surface area contributed by atoms with Gasteiger partial charge in [-0.25, -0.2) is 0 Å². The number of aliphatic hydroxyl groups excluding tert-OH is 1. The molecule has 0 aliphatic carbocycles. The normalized spacial score (nSPS) is 13.4. The Morgan fingerprint density at radius 1 is 1.05 bits per heavy atom. The summed E-state index contributed by atoms with van der Waals surface area (Å²) in [6.45, 7) is 2.54. The third-order valence-corrected chi connectivity index (χ3v) is 3.34. The molecule has 0 radical (unpaired) electrons. The Bertz CT molecular complexity index is 572. The first kappa shape index (κ1) is 14.3. The van der Waals surface area contributed by atoms with Crippen molar-refractivity contribution < 1.29 is 5.11 Å². The molecule has 0 aromatic heterocycles. The molecule has 2 aromatic rings. The number of aliphatic hydroxyl groups is 1. The third-order valence-electron chi connectivity index (χ3n) is 3.34. The van der Waals surface area contributed by atoms with Crippen LogP contribution in [0, 0.1) is 11.3 Å². The number of hydrogen-bond acceptors (Lipinski definition) is 3. The van der Waals surface area contributed by atoms with Gasteiger partial charge in [-0.15, -0.1) is 0 Å². The van der Waals surface area contributed by atoms with Crippen LogP contribution in [0.5, 0.6) is 0 Å².